The molecule has 1 aromatic rings. The first kappa shape index (κ1) is 13.7. The van der Waals surface area contributed by atoms with Gasteiger partial charge in [-0.25, -0.2) is 0 Å². The van der Waals surface area contributed by atoms with Crippen molar-refractivity contribution in [2.24, 2.45) is 0 Å². The maximum absolute atomic E-state index is 11.9. The normalized spacial score (nSPS) is 23.3. The number of carbonyl (C=O) groups excluding carboxylic acids is 2. The zero-order chi connectivity index (χ0) is 13.8. The van der Waals surface area contributed by atoms with Gasteiger partial charge in [-0.3, -0.25) is 9.59 Å². The van der Waals surface area contributed by atoms with Crippen LogP contribution in [0.15, 0.2) is 30.3 Å². The molecule has 5 nitrogen and oxygen atoms in total. The van der Waals surface area contributed by atoms with E-state index in [1.807, 2.05) is 13.1 Å². The van der Waals surface area contributed by atoms with Gasteiger partial charge < -0.3 is 15.0 Å². The van der Waals surface area contributed by atoms with Crippen molar-refractivity contribution in [2.75, 3.05) is 27.2 Å². The standard InChI is InChI=1S/C14H18N2O3/c1-16-8-11(12(9-16)19-2)15-14(18)13(17)10-6-4-3-5-7-10/h3-7,11-12H,8-9H2,1-2H3,(H,15,18)/t11-,12-/m1/s1. The maximum Gasteiger partial charge on any atom is 0.292 e. The molecule has 102 valence electrons. The smallest absolute Gasteiger partial charge is 0.292 e. The van der Waals surface area contributed by atoms with Crippen LogP contribution in [0.4, 0.5) is 0 Å². The highest BCUT2D eigenvalue weighted by Gasteiger charge is 2.33. The highest BCUT2D eigenvalue weighted by molar-refractivity contribution is 6.42. The minimum Gasteiger partial charge on any atom is -0.378 e. The molecule has 2 atom stereocenters. The van der Waals surface area contributed by atoms with Crippen LogP contribution in [-0.4, -0.2) is 56.0 Å². The van der Waals surface area contributed by atoms with Crippen LogP contribution in [0.2, 0.25) is 0 Å². The molecular weight excluding hydrogens is 244 g/mol. The lowest BCUT2D eigenvalue weighted by Crippen LogP contribution is -2.46. The topological polar surface area (TPSA) is 58.6 Å². The lowest BCUT2D eigenvalue weighted by Gasteiger charge is -2.17. The van der Waals surface area contributed by atoms with Gasteiger partial charge in [0.05, 0.1) is 12.1 Å². The lowest BCUT2D eigenvalue weighted by atomic mass is 10.1. The summed E-state index contributed by atoms with van der Waals surface area (Å²) in [6, 6.07) is 8.41. The number of rotatable bonds is 4. The number of nitrogens with zero attached hydrogens (tertiary/aromatic N) is 1. The van der Waals surface area contributed by atoms with E-state index in [2.05, 4.69) is 10.2 Å². The predicted molar refractivity (Wildman–Crippen MR) is 71.0 cm³/mol. The van der Waals surface area contributed by atoms with Crippen LogP contribution >= 0.6 is 0 Å². The number of nitrogens with one attached hydrogen (secondary N) is 1. The highest BCUT2D eigenvalue weighted by Crippen LogP contribution is 2.11. The van der Waals surface area contributed by atoms with Gasteiger partial charge in [0.15, 0.2) is 0 Å². The fraction of sp³-hybridized carbons (Fsp3) is 0.429. The summed E-state index contributed by atoms with van der Waals surface area (Å²) in [6.45, 7) is 1.44. The number of methoxy groups -OCH3 is 1. The Morgan fingerprint density at radius 1 is 1.26 bits per heavy atom. The van der Waals surface area contributed by atoms with Gasteiger partial charge in [-0.1, -0.05) is 30.3 Å². The summed E-state index contributed by atoms with van der Waals surface area (Å²) in [5.74, 6) is -1.08. The quantitative estimate of drug-likeness (QED) is 0.627. The molecule has 1 aromatic carbocycles. The number of ether oxygens (including phenoxy) is 1. The zero-order valence-corrected chi connectivity index (χ0v) is 11.1. The molecule has 19 heavy (non-hydrogen) atoms. The summed E-state index contributed by atoms with van der Waals surface area (Å²) in [5.41, 5.74) is 0.403. The molecule has 1 heterocycles. The summed E-state index contributed by atoms with van der Waals surface area (Å²) in [7, 11) is 3.57. The SMILES string of the molecule is CO[C@@H]1CN(C)C[C@H]1NC(=O)C(=O)c1ccccc1. The van der Waals surface area contributed by atoms with Crippen molar-refractivity contribution in [3.05, 3.63) is 35.9 Å². The van der Waals surface area contributed by atoms with E-state index < -0.39 is 11.7 Å². The summed E-state index contributed by atoms with van der Waals surface area (Å²) in [5, 5.41) is 2.75. The van der Waals surface area contributed by atoms with E-state index >= 15 is 0 Å². The number of carbonyl (C=O) groups is 2. The Kier molecular flexibility index (Phi) is 4.29. The molecule has 1 N–H and O–H groups in total. The average Bonchev–Trinajstić information content (AvgIpc) is 2.78. The van der Waals surface area contributed by atoms with Gasteiger partial charge in [-0.2, -0.15) is 0 Å². The van der Waals surface area contributed by atoms with E-state index in [0.29, 0.717) is 12.1 Å². The van der Waals surface area contributed by atoms with E-state index in [1.54, 1.807) is 31.4 Å². The van der Waals surface area contributed by atoms with Crippen LogP contribution < -0.4 is 5.32 Å². The second-order valence-electron chi connectivity index (χ2n) is 4.77. The first-order valence-electron chi connectivity index (χ1n) is 6.23. The van der Waals surface area contributed by atoms with E-state index in [-0.39, 0.29) is 12.1 Å². The van der Waals surface area contributed by atoms with Crippen LogP contribution in [-0.2, 0) is 9.53 Å². The predicted octanol–water partition coefficient (Wildman–Crippen LogP) is 0.315. The molecule has 0 spiro atoms. The van der Waals surface area contributed by atoms with Crippen molar-refractivity contribution in [1.29, 1.82) is 0 Å². The second-order valence-corrected chi connectivity index (χ2v) is 4.77. The Morgan fingerprint density at radius 3 is 2.58 bits per heavy atom. The van der Waals surface area contributed by atoms with Gasteiger partial charge in [0.2, 0.25) is 5.78 Å². The van der Waals surface area contributed by atoms with Crippen molar-refractivity contribution in [3.63, 3.8) is 0 Å². The monoisotopic (exact) mass is 262 g/mol. The zero-order valence-electron chi connectivity index (χ0n) is 11.1. The Balaban J connectivity index is 1.99. The molecule has 0 aromatic heterocycles. The number of benzene rings is 1. The van der Waals surface area contributed by atoms with Gasteiger partial charge in [0.1, 0.15) is 0 Å². The molecule has 1 aliphatic rings. The Morgan fingerprint density at radius 2 is 1.95 bits per heavy atom. The number of ketones is 1. The van der Waals surface area contributed by atoms with Crippen molar-refractivity contribution in [2.45, 2.75) is 12.1 Å². The number of amides is 1. The Hall–Kier alpha value is -1.72. The number of likely N-dealkylation sites (N-methyl/N-ethyl adjacent to an activating group) is 1. The number of hydrogen-bond acceptors (Lipinski definition) is 4. The maximum atomic E-state index is 11.9. The number of likely N-dealkylation sites (tertiary alicyclic amines) is 1. The Bertz CT molecular complexity index is 461. The lowest BCUT2D eigenvalue weighted by molar-refractivity contribution is -0.118. The minimum absolute atomic E-state index is 0.0717. The summed E-state index contributed by atoms with van der Waals surface area (Å²) < 4.78 is 5.31. The van der Waals surface area contributed by atoms with Crippen LogP contribution in [0.25, 0.3) is 0 Å². The second kappa shape index (κ2) is 5.95. The van der Waals surface area contributed by atoms with Crippen LogP contribution in [0.3, 0.4) is 0 Å². The third kappa shape index (κ3) is 3.19. The molecule has 1 saturated heterocycles. The van der Waals surface area contributed by atoms with Gasteiger partial charge in [0.25, 0.3) is 5.91 Å². The largest absolute Gasteiger partial charge is 0.378 e. The van der Waals surface area contributed by atoms with E-state index in [4.69, 9.17) is 4.74 Å². The van der Waals surface area contributed by atoms with Crippen molar-refractivity contribution >= 4 is 11.7 Å². The van der Waals surface area contributed by atoms with Gasteiger partial charge in [-0.15, -0.1) is 0 Å². The molecular formula is C14H18N2O3. The van der Waals surface area contributed by atoms with Gasteiger partial charge in [-0.05, 0) is 7.05 Å². The molecule has 1 amide bonds. The fourth-order valence-corrected chi connectivity index (χ4v) is 2.29. The molecule has 0 aliphatic carbocycles. The molecule has 1 aliphatic heterocycles. The van der Waals surface area contributed by atoms with Crippen molar-refractivity contribution in [1.82, 2.24) is 10.2 Å². The van der Waals surface area contributed by atoms with E-state index in [1.165, 1.54) is 0 Å². The average molecular weight is 262 g/mol. The van der Waals surface area contributed by atoms with E-state index in [9.17, 15) is 9.59 Å². The Labute approximate surface area is 112 Å². The van der Waals surface area contributed by atoms with Crippen LogP contribution in [0.5, 0.6) is 0 Å². The van der Waals surface area contributed by atoms with Crippen LogP contribution in [0, 0.1) is 0 Å². The molecule has 0 bridgehead atoms. The minimum atomic E-state index is -0.575. The van der Waals surface area contributed by atoms with E-state index in [0.717, 1.165) is 6.54 Å². The summed E-state index contributed by atoms with van der Waals surface area (Å²) >= 11 is 0. The fourth-order valence-electron chi connectivity index (χ4n) is 2.29. The molecule has 0 saturated carbocycles. The molecule has 2 rings (SSSR count). The highest BCUT2D eigenvalue weighted by atomic mass is 16.5. The third-order valence-corrected chi connectivity index (χ3v) is 3.31. The molecule has 0 radical (unpaired) electrons. The van der Waals surface area contributed by atoms with Gasteiger partial charge in [0, 0.05) is 25.8 Å². The first-order chi connectivity index (χ1) is 9.11. The summed E-state index contributed by atoms with van der Waals surface area (Å²) in [6.07, 6.45) is -0.0717. The molecule has 1 fully saturated rings. The summed E-state index contributed by atoms with van der Waals surface area (Å²) in [4.78, 5) is 25.9. The van der Waals surface area contributed by atoms with Crippen LogP contribution in [0.1, 0.15) is 10.4 Å². The van der Waals surface area contributed by atoms with Crippen molar-refractivity contribution < 1.29 is 14.3 Å². The third-order valence-electron chi connectivity index (χ3n) is 3.31. The number of Topliss-reactive ketones (excluding diaryl/α,β-unsaturated/α-hetero) is 1. The molecule has 5 heteroatoms. The first-order valence-corrected chi connectivity index (χ1v) is 6.23. The number of hydrogen-bond donors (Lipinski definition) is 1. The van der Waals surface area contributed by atoms with Crippen molar-refractivity contribution in [3.8, 4) is 0 Å². The molecule has 0 unspecified atom stereocenters. The van der Waals surface area contributed by atoms with Gasteiger partial charge >= 0.3 is 0 Å².